The Hall–Kier alpha value is -2.93. The van der Waals surface area contributed by atoms with Gasteiger partial charge in [0.2, 0.25) is 0 Å². The number of anilines is 2. The molecule has 1 aromatic heterocycles. The number of hydrogen-bond donors (Lipinski definition) is 1. The second-order valence-electron chi connectivity index (χ2n) is 6.13. The second-order valence-corrected chi connectivity index (χ2v) is 7.78. The first-order valence-electron chi connectivity index (χ1n) is 8.26. The Bertz CT molecular complexity index is 1160. The molecule has 0 fully saturated rings. The highest BCUT2D eigenvalue weighted by atomic mass is 32.2. The Morgan fingerprint density at radius 2 is 1.85 bits per heavy atom. The van der Waals surface area contributed by atoms with Crippen molar-refractivity contribution in [3.8, 4) is 0 Å². The first kappa shape index (κ1) is 16.5. The van der Waals surface area contributed by atoms with Gasteiger partial charge in [0.25, 0.3) is 15.9 Å². The van der Waals surface area contributed by atoms with Crippen molar-refractivity contribution in [1.29, 1.82) is 0 Å². The molecule has 2 heterocycles. The SMILES string of the molecule is CCN1C(=O)c2cccc3c(S(=O)(=O)Nc4cccc(C)n4)ccc1c23. The van der Waals surface area contributed by atoms with Crippen LogP contribution in [0.25, 0.3) is 10.8 Å². The van der Waals surface area contributed by atoms with Crippen LogP contribution < -0.4 is 9.62 Å². The zero-order valence-electron chi connectivity index (χ0n) is 14.4. The van der Waals surface area contributed by atoms with E-state index in [9.17, 15) is 13.2 Å². The highest BCUT2D eigenvalue weighted by Crippen LogP contribution is 2.40. The van der Waals surface area contributed by atoms with E-state index in [1.807, 2.05) is 6.92 Å². The zero-order valence-corrected chi connectivity index (χ0v) is 15.2. The molecule has 1 aliphatic heterocycles. The molecule has 1 aliphatic rings. The van der Waals surface area contributed by atoms with Gasteiger partial charge in [0, 0.05) is 28.6 Å². The maximum absolute atomic E-state index is 13.0. The molecule has 3 aromatic rings. The third-order valence-corrected chi connectivity index (χ3v) is 5.89. The summed E-state index contributed by atoms with van der Waals surface area (Å²) < 4.78 is 28.4. The van der Waals surface area contributed by atoms with E-state index in [1.165, 1.54) is 0 Å². The molecule has 0 unspecified atom stereocenters. The van der Waals surface area contributed by atoms with E-state index in [0.717, 1.165) is 11.4 Å². The molecule has 2 aromatic carbocycles. The van der Waals surface area contributed by atoms with Crippen LogP contribution in [-0.2, 0) is 10.0 Å². The van der Waals surface area contributed by atoms with Crippen LogP contribution in [0.15, 0.2) is 53.4 Å². The van der Waals surface area contributed by atoms with Crippen molar-refractivity contribution in [2.45, 2.75) is 18.7 Å². The summed E-state index contributed by atoms with van der Waals surface area (Å²) in [6, 6.07) is 13.5. The average Bonchev–Trinajstić information content (AvgIpc) is 2.88. The Balaban J connectivity index is 1.89. The number of aryl methyl sites for hydroxylation is 1. The number of nitrogens with zero attached hydrogens (tertiary/aromatic N) is 2. The monoisotopic (exact) mass is 367 g/mol. The van der Waals surface area contributed by atoms with Crippen LogP contribution in [0.5, 0.6) is 0 Å². The fraction of sp³-hybridized carbons (Fsp3) is 0.158. The van der Waals surface area contributed by atoms with Gasteiger partial charge in [-0.1, -0.05) is 18.2 Å². The number of pyridine rings is 1. The summed E-state index contributed by atoms with van der Waals surface area (Å²) >= 11 is 0. The molecule has 132 valence electrons. The minimum Gasteiger partial charge on any atom is -0.308 e. The Morgan fingerprint density at radius 3 is 2.58 bits per heavy atom. The molecule has 26 heavy (non-hydrogen) atoms. The maximum atomic E-state index is 13.0. The van der Waals surface area contributed by atoms with Crippen molar-refractivity contribution in [1.82, 2.24) is 4.98 Å². The molecule has 0 saturated heterocycles. The van der Waals surface area contributed by atoms with Crippen LogP contribution in [0.3, 0.4) is 0 Å². The van der Waals surface area contributed by atoms with Gasteiger partial charge in [-0.2, -0.15) is 0 Å². The lowest BCUT2D eigenvalue weighted by Crippen LogP contribution is -2.25. The number of aromatic nitrogens is 1. The van der Waals surface area contributed by atoms with Gasteiger partial charge in [-0.3, -0.25) is 9.52 Å². The lowest BCUT2D eigenvalue weighted by molar-refractivity contribution is 0.0994. The molecular formula is C19H17N3O3S. The van der Waals surface area contributed by atoms with Gasteiger partial charge >= 0.3 is 0 Å². The lowest BCUT2D eigenvalue weighted by atomic mass is 10.1. The average molecular weight is 367 g/mol. The maximum Gasteiger partial charge on any atom is 0.263 e. The topological polar surface area (TPSA) is 79.4 Å². The van der Waals surface area contributed by atoms with Crippen LogP contribution in [-0.4, -0.2) is 25.9 Å². The minimum atomic E-state index is -3.85. The molecular weight excluding hydrogens is 350 g/mol. The van der Waals surface area contributed by atoms with E-state index in [1.54, 1.807) is 60.4 Å². The zero-order chi connectivity index (χ0) is 18.5. The third-order valence-electron chi connectivity index (χ3n) is 4.48. The molecule has 6 nitrogen and oxygen atoms in total. The summed E-state index contributed by atoms with van der Waals surface area (Å²) in [5, 5.41) is 1.21. The molecule has 0 aliphatic carbocycles. The van der Waals surface area contributed by atoms with Gasteiger partial charge in [0.15, 0.2) is 0 Å². The Labute approximate surface area is 151 Å². The molecule has 7 heteroatoms. The van der Waals surface area contributed by atoms with Crippen molar-refractivity contribution < 1.29 is 13.2 Å². The smallest absolute Gasteiger partial charge is 0.263 e. The van der Waals surface area contributed by atoms with E-state index < -0.39 is 10.0 Å². The van der Waals surface area contributed by atoms with Gasteiger partial charge in [-0.15, -0.1) is 0 Å². The molecule has 0 bridgehead atoms. The van der Waals surface area contributed by atoms with Gasteiger partial charge in [-0.25, -0.2) is 13.4 Å². The van der Waals surface area contributed by atoms with E-state index >= 15 is 0 Å². The number of carbonyl (C=O) groups excluding carboxylic acids is 1. The summed E-state index contributed by atoms with van der Waals surface area (Å²) in [4.78, 5) is 18.5. The molecule has 1 amide bonds. The number of rotatable bonds is 4. The van der Waals surface area contributed by atoms with Crippen molar-refractivity contribution in [2.75, 3.05) is 16.2 Å². The quantitative estimate of drug-likeness (QED) is 0.767. The van der Waals surface area contributed by atoms with Crippen LogP contribution in [0.4, 0.5) is 11.5 Å². The number of amides is 1. The predicted octanol–water partition coefficient (Wildman–Crippen LogP) is 3.32. The molecule has 0 spiro atoms. The minimum absolute atomic E-state index is 0.101. The number of hydrogen-bond acceptors (Lipinski definition) is 4. The molecule has 1 N–H and O–H groups in total. The number of sulfonamides is 1. The fourth-order valence-corrected chi connectivity index (χ4v) is 4.57. The van der Waals surface area contributed by atoms with Crippen molar-refractivity contribution >= 4 is 38.2 Å². The van der Waals surface area contributed by atoms with Crippen molar-refractivity contribution in [3.05, 3.63) is 59.8 Å². The summed E-state index contributed by atoms with van der Waals surface area (Å²) in [7, 11) is -3.85. The van der Waals surface area contributed by atoms with Crippen LogP contribution in [0, 0.1) is 6.92 Å². The van der Waals surface area contributed by atoms with Gasteiger partial charge in [0.1, 0.15) is 5.82 Å². The van der Waals surface area contributed by atoms with Crippen LogP contribution in [0.1, 0.15) is 23.0 Å². The van der Waals surface area contributed by atoms with Gasteiger partial charge < -0.3 is 4.90 Å². The number of carbonyl (C=O) groups is 1. The fourth-order valence-electron chi connectivity index (χ4n) is 3.36. The van der Waals surface area contributed by atoms with Crippen LogP contribution >= 0.6 is 0 Å². The van der Waals surface area contributed by atoms with E-state index in [2.05, 4.69) is 9.71 Å². The van der Waals surface area contributed by atoms with Crippen molar-refractivity contribution in [2.24, 2.45) is 0 Å². The summed E-state index contributed by atoms with van der Waals surface area (Å²) in [6.45, 7) is 4.22. The van der Waals surface area contributed by atoms with E-state index in [-0.39, 0.29) is 16.6 Å². The highest BCUT2D eigenvalue weighted by molar-refractivity contribution is 7.93. The number of nitrogens with one attached hydrogen (secondary N) is 1. The Morgan fingerprint density at radius 1 is 1.08 bits per heavy atom. The van der Waals surface area contributed by atoms with E-state index in [4.69, 9.17) is 0 Å². The molecule has 4 rings (SSSR count). The normalized spacial score (nSPS) is 13.5. The predicted molar refractivity (Wildman–Crippen MR) is 101 cm³/mol. The lowest BCUT2D eigenvalue weighted by Gasteiger charge is -2.15. The van der Waals surface area contributed by atoms with Gasteiger partial charge in [0.05, 0.1) is 10.6 Å². The first-order valence-corrected chi connectivity index (χ1v) is 9.75. The summed E-state index contributed by atoms with van der Waals surface area (Å²) in [5.41, 5.74) is 2.00. The Kier molecular flexibility index (Phi) is 3.69. The third kappa shape index (κ3) is 2.43. The highest BCUT2D eigenvalue weighted by Gasteiger charge is 2.31. The molecule has 0 radical (unpaired) electrons. The van der Waals surface area contributed by atoms with Gasteiger partial charge in [-0.05, 0) is 44.2 Å². The number of benzene rings is 2. The first-order chi connectivity index (χ1) is 12.4. The van der Waals surface area contributed by atoms with Crippen molar-refractivity contribution in [3.63, 3.8) is 0 Å². The van der Waals surface area contributed by atoms with Crippen LogP contribution in [0.2, 0.25) is 0 Å². The summed E-state index contributed by atoms with van der Waals surface area (Å²) in [6.07, 6.45) is 0. The second kappa shape index (κ2) is 5.81. The summed E-state index contributed by atoms with van der Waals surface area (Å²) in [5.74, 6) is 0.162. The standard InChI is InChI=1S/C19H17N3O3S/c1-3-22-15-10-11-16(13-7-5-8-14(18(13)15)19(22)23)26(24,25)21-17-9-4-6-12(2)20-17/h4-11H,3H2,1-2H3,(H,20,21). The molecule has 0 atom stereocenters. The largest absolute Gasteiger partial charge is 0.308 e. The molecule has 0 saturated carbocycles. The van der Waals surface area contributed by atoms with E-state index in [0.29, 0.717) is 22.9 Å².